The maximum Gasteiger partial charge on any atom is 0.0900 e. The van der Waals surface area contributed by atoms with Crippen LogP contribution in [0.2, 0.25) is 0 Å². The average Bonchev–Trinajstić information content (AvgIpc) is 3.26. The fourth-order valence-electron chi connectivity index (χ4n) is 5.16. The molecule has 1 saturated carbocycles. The summed E-state index contributed by atoms with van der Waals surface area (Å²) >= 11 is 1.76. The van der Waals surface area contributed by atoms with Gasteiger partial charge in [0.25, 0.3) is 0 Å². The van der Waals surface area contributed by atoms with Crippen molar-refractivity contribution in [3.05, 3.63) is 34.0 Å². The van der Waals surface area contributed by atoms with Gasteiger partial charge >= 0.3 is 0 Å². The Kier molecular flexibility index (Phi) is 5.07. The van der Waals surface area contributed by atoms with Crippen molar-refractivity contribution < 1.29 is 9.84 Å². The van der Waals surface area contributed by atoms with Crippen LogP contribution >= 0.6 is 11.3 Å². The summed E-state index contributed by atoms with van der Waals surface area (Å²) in [5.74, 6) is 1.57. The van der Waals surface area contributed by atoms with Crippen LogP contribution in [0.1, 0.15) is 51.1 Å². The SMILES string of the molecule is CC1(C)C2CC=C(COCC(O)CN3CCCC3c3ccsc3)C1C2. The van der Waals surface area contributed by atoms with Crippen LogP contribution in [-0.2, 0) is 4.74 Å². The van der Waals surface area contributed by atoms with E-state index in [9.17, 15) is 5.11 Å². The molecule has 5 rings (SSSR count). The molecule has 3 aliphatic carbocycles. The number of allylic oxidation sites excluding steroid dienone is 1. The van der Waals surface area contributed by atoms with E-state index in [0.717, 1.165) is 19.0 Å². The summed E-state index contributed by atoms with van der Waals surface area (Å²) in [6, 6.07) is 2.70. The Morgan fingerprint density at radius 3 is 3.04 bits per heavy atom. The minimum atomic E-state index is -0.398. The maximum atomic E-state index is 10.4. The Balaban J connectivity index is 1.23. The molecule has 1 N–H and O–H groups in total. The van der Waals surface area contributed by atoms with Crippen molar-refractivity contribution in [2.45, 2.75) is 51.7 Å². The standard InChI is InChI=1S/C21H31NO2S/c1-21(2)17-6-5-15(19(21)10-17)12-24-13-18(23)11-22-8-3-4-20(22)16-7-9-25-14-16/h5,7,9,14,17-20,23H,3-4,6,8,10-13H2,1-2H3. The summed E-state index contributed by atoms with van der Waals surface area (Å²) in [6.07, 6.45) is 6.96. The Labute approximate surface area is 155 Å². The largest absolute Gasteiger partial charge is 0.389 e. The number of rotatable bonds is 7. The molecular formula is C21H31NO2S. The maximum absolute atomic E-state index is 10.4. The Morgan fingerprint density at radius 1 is 1.44 bits per heavy atom. The lowest BCUT2D eigenvalue weighted by molar-refractivity contribution is -0.0265. The van der Waals surface area contributed by atoms with E-state index in [2.05, 4.69) is 41.6 Å². The highest BCUT2D eigenvalue weighted by Crippen LogP contribution is 2.59. The lowest BCUT2D eigenvalue weighted by atomic mass is 9.49. The minimum Gasteiger partial charge on any atom is -0.389 e. The van der Waals surface area contributed by atoms with Crippen molar-refractivity contribution in [3.8, 4) is 0 Å². The monoisotopic (exact) mass is 361 g/mol. The molecule has 138 valence electrons. The first-order chi connectivity index (χ1) is 12.1. The molecule has 2 heterocycles. The third kappa shape index (κ3) is 3.46. The topological polar surface area (TPSA) is 32.7 Å². The molecule has 1 aliphatic heterocycles. The highest BCUT2D eigenvalue weighted by Gasteiger charge is 2.50. The number of hydrogen-bond acceptors (Lipinski definition) is 4. The van der Waals surface area contributed by atoms with Gasteiger partial charge in [0.1, 0.15) is 0 Å². The molecule has 0 aromatic carbocycles. The minimum absolute atomic E-state index is 0.398. The van der Waals surface area contributed by atoms with Crippen LogP contribution in [0.5, 0.6) is 0 Å². The van der Waals surface area contributed by atoms with Gasteiger partial charge in [-0.05, 0) is 77.4 Å². The second kappa shape index (κ2) is 7.15. The number of nitrogens with zero attached hydrogens (tertiary/aromatic N) is 1. The van der Waals surface area contributed by atoms with Crippen molar-refractivity contribution in [1.82, 2.24) is 4.90 Å². The van der Waals surface area contributed by atoms with Crippen molar-refractivity contribution in [1.29, 1.82) is 0 Å². The zero-order chi connectivity index (χ0) is 17.4. The van der Waals surface area contributed by atoms with E-state index in [0.29, 0.717) is 30.6 Å². The molecule has 0 radical (unpaired) electrons. The van der Waals surface area contributed by atoms with Crippen LogP contribution in [-0.4, -0.2) is 42.4 Å². The molecule has 1 aromatic rings. The number of ether oxygens (including phenoxy) is 1. The predicted molar refractivity (Wildman–Crippen MR) is 103 cm³/mol. The lowest BCUT2D eigenvalue weighted by Crippen LogP contribution is -2.48. The molecule has 1 saturated heterocycles. The number of hydrogen-bond donors (Lipinski definition) is 1. The second-order valence-corrected chi connectivity index (χ2v) is 9.48. The smallest absolute Gasteiger partial charge is 0.0900 e. The molecule has 0 spiro atoms. The number of thiophene rings is 1. The van der Waals surface area contributed by atoms with E-state index in [4.69, 9.17) is 4.74 Å². The summed E-state index contributed by atoms with van der Waals surface area (Å²) in [7, 11) is 0. The van der Waals surface area contributed by atoms with E-state index in [-0.39, 0.29) is 0 Å². The first-order valence-corrected chi connectivity index (χ1v) is 10.7. The Hall–Kier alpha value is -0.680. The number of aliphatic hydroxyl groups excluding tert-OH is 1. The Morgan fingerprint density at radius 2 is 2.32 bits per heavy atom. The van der Waals surface area contributed by atoms with E-state index in [1.807, 2.05) is 0 Å². The van der Waals surface area contributed by atoms with Gasteiger partial charge in [0, 0.05) is 12.6 Å². The van der Waals surface area contributed by atoms with Crippen LogP contribution in [0.25, 0.3) is 0 Å². The van der Waals surface area contributed by atoms with E-state index >= 15 is 0 Å². The van der Waals surface area contributed by atoms with E-state index in [1.54, 1.807) is 11.3 Å². The average molecular weight is 362 g/mol. The molecule has 2 bridgehead atoms. The van der Waals surface area contributed by atoms with Crippen LogP contribution in [0, 0.1) is 17.3 Å². The van der Waals surface area contributed by atoms with Crippen LogP contribution < -0.4 is 0 Å². The van der Waals surface area contributed by atoms with Gasteiger partial charge in [0.05, 0.1) is 19.3 Å². The molecule has 0 amide bonds. The van der Waals surface area contributed by atoms with Crippen molar-refractivity contribution in [3.63, 3.8) is 0 Å². The summed E-state index contributed by atoms with van der Waals surface area (Å²) in [4.78, 5) is 2.43. The van der Waals surface area contributed by atoms with Gasteiger partial charge in [-0.2, -0.15) is 11.3 Å². The van der Waals surface area contributed by atoms with E-state index in [1.165, 1.54) is 36.8 Å². The molecule has 4 atom stereocenters. The third-order valence-corrected chi connectivity index (χ3v) is 7.60. The molecule has 2 fully saturated rings. The normalized spacial score (nSPS) is 32.3. The second-order valence-electron chi connectivity index (χ2n) is 8.70. The quantitative estimate of drug-likeness (QED) is 0.737. The molecule has 4 heteroatoms. The van der Waals surface area contributed by atoms with Gasteiger partial charge in [-0.3, -0.25) is 4.90 Å². The highest BCUT2D eigenvalue weighted by atomic mass is 32.1. The Bertz CT molecular complexity index is 609. The molecule has 3 nitrogen and oxygen atoms in total. The van der Waals surface area contributed by atoms with Crippen LogP contribution in [0.15, 0.2) is 28.5 Å². The van der Waals surface area contributed by atoms with Gasteiger partial charge in [-0.1, -0.05) is 19.9 Å². The van der Waals surface area contributed by atoms with Crippen molar-refractivity contribution in [2.24, 2.45) is 17.3 Å². The number of likely N-dealkylation sites (tertiary alicyclic amines) is 1. The fourth-order valence-corrected chi connectivity index (χ4v) is 5.87. The summed E-state index contributed by atoms with van der Waals surface area (Å²) in [5.41, 5.74) is 3.33. The first kappa shape index (κ1) is 17.7. The van der Waals surface area contributed by atoms with Gasteiger partial charge in [0.2, 0.25) is 0 Å². The molecule has 1 aromatic heterocycles. The van der Waals surface area contributed by atoms with Crippen LogP contribution in [0.3, 0.4) is 0 Å². The van der Waals surface area contributed by atoms with Crippen molar-refractivity contribution in [2.75, 3.05) is 26.3 Å². The zero-order valence-corrected chi connectivity index (χ0v) is 16.3. The first-order valence-electron chi connectivity index (χ1n) is 9.76. The lowest BCUT2D eigenvalue weighted by Gasteiger charge is -2.56. The van der Waals surface area contributed by atoms with Gasteiger partial charge < -0.3 is 9.84 Å². The predicted octanol–water partition coefficient (Wildman–Crippen LogP) is 4.25. The zero-order valence-electron chi connectivity index (χ0n) is 15.5. The summed E-state index contributed by atoms with van der Waals surface area (Å²) < 4.78 is 5.92. The molecule has 4 aliphatic rings. The summed E-state index contributed by atoms with van der Waals surface area (Å²) in [6.45, 7) is 7.74. The van der Waals surface area contributed by atoms with E-state index < -0.39 is 6.10 Å². The highest BCUT2D eigenvalue weighted by molar-refractivity contribution is 7.07. The van der Waals surface area contributed by atoms with Crippen molar-refractivity contribution >= 4 is 11.3 Å². The van der Waals surface area contributed by atoms with Gasteiger partial charge in [-0.25, -0.2) is 0 Å². The molecular weight excluding hydrogens is 330 g/mol. The molecule has 25 heavy (non-hydrogen) atoms. The molecule has 4 unspecified atom stereocenters. The third-order valence-electron chi connectivity index (χ3n) is 6.90. The number of fused-ring (bicyclic) bond motifs is 1. The van der Waals surface area contributed by atoms with Gasteiger partial charge in [0.15, 0.2) is 0 Å². The number of β-amino-alcohol motifs (C(OH)–C–C–N with tert-alkyl or cyclic N) is 1. The van der Waals surface area contributed by atoms with Gasteiger partial charge in [-0.15, -0.1) is 0 Å². The van der Waals surface area contributed by atoms with Crippen LogP contribution in [0.4, 0.5) is 0 Å². The summed E-state index contributed by atoms with van der Waals surface area (Å²) in [5, 5.41) is 14.8. The fraction of sp³-hybridized carbons (Fsp3) is 0.714. The number of aliphatic hydroxyl groups is 1.